The third-order valence-corrected chi connectivity index (χ3v) is 4.27. The van der Waals surface area contributed by atoms with Crippen LogP contribution in [0.5, 0.6) is 0 Å². The van der Waals surface area contributed by atoms with Gasteiger partial charge in [0, 0.05) is 37.8 Å². The molecule has 1 aromatic carbocycles. The van der Waals surface area contributed by atoms with Gasteiger partial charge in [-0.2, -0.15) is 0 Å². The van der Waals surface area contributed by atoms with Crippen LogP contribution in [0.15, 0.2) is 12.1 Å². The zero-order valence-electron chi connectivity index (χ0n) is 13.3. The molecular weight excluding hydrogens is 270 g/mol. The van der Waals surface area contributed by atoms with Gasteiger partial charge in [-0.05, 0) is 31.2 Å². The van der Waals surface area contributed by atoms with Crippen molar-refractivity contribution < 1.29 is 8.78 Å². The van der Waals surface area contributed by atoms with Crippen molar-refractivity contribution in [2.45, 2.75) is 39.7 Å². The Morgan fingerprint density at radius 2 is 1.76 bits per heavy atom. The number of halogens is 2. The summed E-state index contributed by atoms with van der Waals surface area (Å²) in [4.78, 5) is 2.28. The summed E-state index contributed by atoms with van der Waals surface area (Å²) in [6.07, 6.45) is 1.89. The number of hydrogen-bond donors (Lipinski definition) is 1. The third-order valence-electron chi connectivity index (χ3n) is 4.27. The normalized spacial score (nSPS) is 18.2. The van der Waals surface area contributed by atoms with E-state index in [1.807, 2.05) is 0 Å². The molecule has 0 aromatic heterocycles. The van der Waals surface area contributed by atoms with Crippen molar-refractivity contribution in [1.29, 1.82) is 0 Å². The lowest BCUT2D eigenvalue weighted by molar-refractivity contribution is 0.156. The number of aryl methyl sites for hydroxylation is 1. The highest BCUT2D eigenvalue weighted by Gasteiger charge is 2.26. The van der Waals surface area contributed by atoms with E-state index in [4.69, 9.17) is 0 Å². The molecule has 4 heteroatoms. The second-order valence-corrected chi connectivity index (χ2v) is 6.37. The summed E-state index contributed by atoms with van der Waals surface area (Å²) >= 11 is 0. The summed E-state index contributed by atoms with van der Waals surface area (Å²) in [5.41, 5.74) is 0.889. The fraction of sp³-hybridized carbons (Fsp3) is 0.647. The van der Waals surface area contributed by atoms with Crippen molar-refractivity contribution in [2.75, 3.05) is 26.2 Å². The topological polar surface area (TPSA) is 15.3 Å². The van der Waals surface area contributed by atoms with Crippen molar-refractivity contribution in [3.63, 3.8) is 0 Å². The molecule has 1 heterocycles. The first-order valence-electron chi connectivity index (χ1n) is 7.90. The molecule has 0 bridgehead atoms. The zero-order valence-corrected chi connectivity index (χ0v) is 13.3. The van der Waals surface area contributed by atoms with Crippen molar-refractivity contribution >= 4 is 0 Å². The highest BCUT2D eigenvalue weighted by molar-refractivity contribution is 5.28. The maximum Gasteiger partial charge on any atom is 0.163 e. The van der Waals surface area contributed by atoms with Crippen molar-refractivity contribution in [1.82, 2.24) is 10.2 Å². The minimum absolute atomic E-state index is 0.0235. The van der Waals surface area contributed by atoms with Gasteiger partial charge in [0.1, 0.15) is 0 Å². The Labute approximate surface area is 126 Å². The average Bonchev–Trinajstić information content (AvgIpc) is 2.48. The summed E-state index contributed by atoms with van der Waals surface area (Å²) in [6, 6.07) is 3.43. The first kappa shape index (κ1) is 16.4. The summed E-state index contributed by atoms with van der Waals surface area (Å²) in [5, 5.41) is 3.31. The second kappa shape index (κ2) is 7.32. The summed E-state index contributed by atoms with van der Waals surface area (Å²) in [5.74, 6) is -0.798. The molecule has 2 rings (SSSR count). The minimum Gasteiger partial charge on any atom is -0.314 e. The Morgan fingerprint density at radius 3 is 2.38 bits per heavy atom. The van der Waals surface area contributed by atoms with E-state index in [0.717, 1.165) is 39.0 Å². The molecule has 1 saturated heterocycles. The molecule has 1 fully saturated rings. The first-order chi connectivity index (χ1) is 10.0. The molecule has 0 aliphatic carbocycles. The average molecular weight is 296 g/mol. The molecule has 0 radical (unpaired) electrons. The molecule has 0 unspecified atom stereocenters. The van der Waals surface area contributed by atoms with Gasteiger partial charge in [-0.25, -0.2) is 8.78 Å². The van der Waals surface area contributed by atoms with E-state index in [1.54, 1.807) is 19.1 Å². The van der Waals surface area contributed by atoms with Gasteiger partial charge in [0.05, 0.1) is 0 Å². The maximum absolute atomic E-state index is 14.4. The lowest BCUT2D eigenvalue weighted by Crippen LogP contribution is -2.45. The number of nitrogens with one attached hydrogen (secondary N) is 1. The predicted octanol–water partition coefficient (Wildman–Crippen LogP) is 3.66. The lowest BCUT2D eigenvalue weighted by atomic mass is 9.94. The van der Waals surface area contributed by atoms with Crippen LogP contribution < -0.4 is 5.32 Å². The molecule has 1 N–H and O–H groups in total. The van der Waals surface area contributed by atoms with Gasteiger partial charge >= 0.3 is 0 Å². The van der Waals surface area contributed by atoms with Crippen LogP contribution in [-0.4, -0.2) is 31.1 Å². The van der Waals surface area contributed by atoms with Crippen LogP contribution in [0.3, 0.4) is 0 Å². The van der Waals surface area contributed by atoms with Gasteiger partial charge in [-0.15, -0.1) is 0 Å². The Balaban J connectivity index is 2.27. The zero-order chi connectivity index (χ0) is 15.4. The van der Waals surface area contributed by atoms with E-state index in [9.17, 15) is 8.78 Å². The van der Waals surface area contributed by atoms with Gasteiger partial charge in [0.25, 0.3) is 0 Å². The molecule has 1 aliphatic heterocycles. The highest BCUT2D eigenvalue weighted by Crippen LogP contribution is 2.31. The van der Waals surface area contributed by atoms with E-state index in [-0.39, 0.29) is 6.04 Å². The fourth-order valence-electron chi connectivity index (χ4n) is 2.94. The fourth-order valence-corrected chi connectivity index (χ4v) is 2.94. The Bertz CT molecular complexity index is 468. The van der Waals surface area contributed by atoms with Crippen molar-refractivity contribution in [3.05, 3.63) is 34.9 Å². The van der Waals surface area contributed by atoms with Gasteiger partial charge in [-0.1, -0.05) is 26.0 Å². The second-order valence-electron chi connectivity index (χ2n) is 6.37. The summed E-state index contributed by atoms with van der Waals surface area (Å²) < 4.78 is 28.3. The van der Waals surface area contributed by atoms with Gasteiger partial charge < -0.3 is 5.32 Å². The maximum atomic E-state index is 14.4. The lowest BCUT2D eigenvalue weighted by Gasteiger charge is -2.36. The van der Waals surface area contributed by atoms with Gasteiger partial charge in [0.15, 0.2) is 11.6 Å². The van der Waals surface area contributed by atoms with E-state index in [1.165, 1.54) is 0 Å². The van der Waals surface area contributed by atoms with Gasteiger partial charge in [-0.3, -0.25) is 4.90 Å². The van der Waals surface area contributed by atoms with Crippen LogP contribution in [0.2, 0.25) is 0 Å². The summed E-state index contributed by atoms with van der Waals surface area (Å²) in [7, 11) is 0. The highest BCUT2D eigenvalue weighted by atomic mass is 19.2. The van der Waals surface area contributed by atoms with Crippen LogP contribution in [0.1, 0.15) is 43.9 Å². The van der Waals surface area contributed by atoms with E-state index >= 15 is 0 Å². The van der Waals surface area contributed by atoms with Crippen LogP contribution in [0.25, 0.3) is 0 Å². The largest absolute Gasteiger partial charge is 0.314 e. The predicted molar refractivity (Wildman–Crippen MR) is 82.4 cm³/mol. The molecule has 1 aromatic rings. The van der Waals surface area contributed by atoms with Crippen LogP contribution >= 0.6 is 0 Å². The molecular formula is C17H26F2N2. The molecule has 118 valence electrons. The molecule has 0 spiro atoms. The van der Waals surface area contributed by atoms with E-state index in [2.05, 4.69) is 24.1 Å². The standard InChI is InChI=1S/C17H26F2N2/c1-12(2)4-7-15(21-10-8-20-9-11-21)14-6-5-13(3)16(18)17(14)19/h5-6,12,15,20H,4,7-11H2,1-3H3/t15-/m1/s1. The first-order valence-corrected chi connectivity index (χ1v) is 7.90. The Hall–Kier alpha value is -1.00. The van der Waals surface area contributed by atoms with Crippen LogP contribution in [0.4, 0.5) is 8.78 Å². The van der Waals surface area contributed by atoms with Crippen LogP contribution in [0, 0.1) is 24.5 Å². The van der Waals surface area contributed by atoms with Gasteiger partial charge in [0.2, 0.25) is 0 Å². The molecule has 0 saturated carbocycles. The monoisotopic (exact) mass is 296 g/mol. The molecule has 2 nitrogen and oxygen atoms in total. The number of piperazine rings is 1. The third kappa shape index (κ3) is 4.01. The molecule has 1 aliphatic rings. The van der Waals surface area contributed by atoms with Crippen molar-refractivity contribution in [3.8, 4) is 0 Å². The molecule has 21 heavy (non-hydrogen) atoms. The number of rotatable bonds is 5. The van der Waals surface area contributed by atoms with E-state index < -0.39 is 11.6 Å². The number of nitrogens with zero attached hydrogens (tertiary/aromatic N) is 1. The Kier molecular flexibility index (Phi) is 5.71. The Morgan fingerprint density at radius 1 is 1.10 bits per heavy atom. The van der Waals surface area contributed by atoms with E-state index in [0.29, 0.717) is 17.0 Å². The molecule has 0 amide bonds. The SMILES string of the molecule is Cc1ccc([C@@H](CCC(C)C)N2CCNCC2)c(F)c1F. The molecule has 1 atom stereocenters. The smallest absolute Gasteiger partial charge is 0.163 e. The van der Waals surface area contributed by atoms with Crippen molar-refractivity contribution in [2.24, 2.45) is 5.92 Å². The number of hydrogen-bond acceptors (Lipinski definition) is 2. The quantitative estimate of drug-likeness (QED) is 0.892. The van der Waals surface area contributed by atoms with Crippen LogP contribution in [-0.2, 0) is 0 Å². The minimum atomic E-state index is -0.697. The summed E-state index contributed by atoms with van der Waals surface area (Å²) in [6.45, 7) is 9.54. The number of benzene rings is 1.